The molecule has 1 aliphatic rings. The molecule has 3 aromatic carbocycles. The number of hydrogen-bond acceptors (Lipinski definition) is 4. The summed E-state index contributed by atoms with van der Waals surface area (Å²) in [5, 5.41) is 9.84. The molecule has 0 spiro atoms. The van der Waals surface area contributed by atoms with E-state index < -0.39 is 7.75 Å². The smallest absolute Gasteiger partial charge is 0.508 e. The molecule has 1 aliphatic heterocycles. The Kier molecular flexibility index (Phi) is 5.61. The molecule has 29 heavy (non-hydrogen) atoms. The molecule has 1 atom stereocenters. The van der Waals surface area contributed by atoms with Crippen LogP contribution in [-0.4, -0.2) is 16.3 Å². The average Bonchev–Trinajstić information content (AvgIpc) is 2.74. The van der Waals surface area contributed by atoms with E-state index in [4.69, 9.17) is 9.05 Å². The predicted octanol–water partition coefficient (Wildman–Crippen LogP) is 5.97. The molecule has 150 valence electrons. The van der Waals surface area contributed by atoms with Crippen LogP contribution in [0.1, 0.15) is 30.5 Å². The Labute approximate surface area is 171 Å². The second kappa shape index (κ2) is 8.32. The molecule has 4 rings (SSSR count). The lowest BCUT2D eigenvalue weighted by Crippen LogP contribution is -2.35. The summed E-state index contributed by atoms with van der Waals surface area (Å²) >= 11 is 0. The fourth-order valence-corrected chi connectivity index (χ4v) is 5.76. The van der Waals surface area contributed by atoms with Crippen LogP contribution < -0.4 is 9.05 Å². The van der Waals surface area contributed by atoms with Gasteiger partial charge in [0.25, 0.3) is 0 Å². The maximum Gasteiger partial charge on any atom is 0.516 e. The SMILES string of the molecule is CCC1c2ccc(O)cc2CCN1P(=O)(Oc1ccccc1)Oc1ccccc1. The minimum Gasteiger partial charge on any atom is -0.508 e. The fraction of sp³-hybridized carbons (Fsp3) is 0.217. The topological polar surface area (TPSA) is 59.0 Å². The minimum absolute atomic E-state index is 0.141. The Morgan fingerprint density at radius 3 is 2.10 bits per heavy atom. The van der Waals surface area contributed by atoms with Gasteiger partial charge in [0.1, 0.15) is 17.2 Å². The van der Waals surface area contributed by atoms with Crippen LogP contribution in [0.3, 0.4) is 0 Å². The van der Waals surface area contributed by atoms with Crippen LogP contribution >= 0.6 is 7.75 Å². The number of aromatic hydroxyl groups is 1. The second-order valence-electron chi connectivity index (χ2n) is 7.00. The molecule has 5 nitrogen and oxygen atoms in total. The van der Waals surface area contributed by atoms with E-state index in [1.54, 1.807) is 36.4 Å². The zero-order chi connectivity index (χ0) is 20.3. The number of nitrogens with zero attached hydrogens (tertiary/aromatic N) is 1. The van der Waals surface area contributed by atoms with E-state index in [9.17, 15) is 9.67 Å². The molecule has 0 bridgehead atoms. The predicted molar refractivity (Wildman–Crippen MR) is 113 cm³/mol. The van der Waals surface area contributed by atoms with Gasteiger partial charge < -0.3 is 14.2 Å². The van der Waals surface area contributed by atoms with E-state index in [1.807, 2.05) is 47.1 Å². The van der Waals surface area contributed by atoms with E-state index in [-0.39, 0.29) is 11.8 Å². The van der Waals surface area contributed by atoms with Gasteiger partial charge in [-0.3, -0.25) is 0 Å². The van der Waals surface area contributed by atoms with Crippen molar-refractivity contribution in [2.24, 2.45) is 0 Å². The number of rotatable bonds is 6. The Balaban J connectivity index is 1.73. The number of para-hydroxylation sites is 2. The highest BCUT2D eigenvalue weighted by atomic mass is 31.2. The van der Waals surface area contributed by atoms with Gasteiger partial charge in [-0.05, 0) is 60.4 Å². The molecule has 0 aliphatic carbocycles. The van der Waals surface area contributed by atoms with Crippen LogP contribution in [0.5, 0.6) is 17.2 Å². The van der Waals surface area contributed by atoms with Gasteiger partial charge in [-0.1, -0.05) is 49.4 Å². The van der Waals surface area contributed by atoms with Gasteiger partial charge in [-0.25, -0.2) is 4.57 Å². The van der Waals surface area contributed by atoms with Crippen molar-refractivity contribution in [2.45, 2.75) is 25.8 Å². The molecule has 0 amide bonds. The molecular formula is C23H24NO4P. The zero-order valence-corrected chi connectivity index (χ0v) is 17.2. The normalized spacial score (nSPS) is 16.8. The molecular weight excluding hydrogens is 385 g/mol. The van der Waals surface area contributed by atoms with Crippen molar-refractivity contribution in [3.63, 3.8) is 0 Å². The monoisotopic (exact) mass is 409 g/mol. The van der Waals surface area contributed by atoms with E-state index >= 15 is 0 Å². The summed E-state index contributed by atoms with van der Waals surface area (Å²) in [6.07, 6.45) is 1.39. The Morgan fingerprint density at radius 2 is 1.55 bits per heavy atom. The molecule has 1 heterocycles. The van der Waals surface area contributed by atoms with Gasteiger partial charge in [0.15, 0.2) is 0 Å². The summed E-state index contributed by atoms with van der Waals surface area (Å²) in [5.74, 6) is 1.24. The third-order valence-corrected chi connectivity index (χ3v) is 7.08. The number of phenols is 1. The first-order chi connectivity index (χ1) is 14.1. The number of hydrogen-bond donors (Lipinski definition) is 1. The second-order valence-corrected chi connectivity index (χ2v) is 8.81. The third kappa shape index (κ3) is 4.16. The average molecular weight is 409 g/mol. The third-order valence-electron chi connectivity index (χ3n) is 5.08. The number of benzene rings is 3. The molecule has 6 heteroatoms. The zero-order valence-electron chi connectivity index (χ0n) is 16.3. The van der Waals surface area contributed by atoms with Crippen LogP contribution in [0, 0.1) is 0 Å². The summed E-state index contributed by atoms with van der Waals surface area (Å²) in [4.78, 5) is 0. The van der Waals surface area contributed by atoms with Crippen LogP contribution in [-0.2, 0) is 11.0 Å². The van der Waals surface area contributed by atoms with Gasteiger partial charge >= 0.3 is 7.75 Å². The van der Waals surface area contributed by atoms with Crippen molar-refractivity contribution in [2.75, 3.05) is 6.54 Å². The molecule has 0 fully saturated rings. The molecule has 1 N–H and O–H groups in total. The van der Waals surface area contributed by atoms with Gasteiger partial charge in [0.2, 0.25) is 0 Å². The lowest BCUT2D eigenvalue weighted by Gasteiger charge is -2.39. The van der Waals surface area contributed by atoms with Crippen molar-refractivity contribution in [3.05, 3.63) is 90.0 Å². The largest absolute Gasteiger partial charge is 0.516 e. The highest BCUT2D eigenvalue weighted by Gasteiger charge is 2.44. The first-order valence-electron chi connectivity index (χ1n) is 9.77. The van der Waals surface area contributed by atoms with Crippen LogP contribution in [0.25, 0.3) is 0 Å². The summed E-state index contributed by atoms with van der Waals surface area (Å²) in [5.41, 5.74) is 2.11. The summed E-state index contributed by atoms with van der Waals surface area (Å²) in [7, 11) is -3.71. The molecule has 3 aromatic rings. The van der Waals surface area contributed by atoms with Gasteiger partial charge in [-0.2, -0.15) is 4.67 Å². The lowest BCUT2D eigenvalue weighted by molar-refractivity contribution is 0.224. The summed E-state index contributed by atoms with van der Waals surface area (Å²) < 4.78 is 28.1. The van der Waals surface area contributed by atoms with Crippen LogP contribution in [0.15, 0.2) is 78.9 Å². The summed E-state index contributed by atoms with van der Waals surface area (Å²) in [6.45, 7) is 2.56. The van der Waals surface area contributed by atoms with Gasteiger partial charge in [0.05, 0.1) is 0 Å². The van der Waals surface area contributed by atoms with Gasteiger partial charge in [-0.15, -0.1) is 0 Å². The van der Waals surface area contributed by atoms with E-state index in [0.717, 1.165) is 17.5 Å². The molecule has 0 saturated heterocycles. The Bertz CT molecular complexity index is 964. The maximum atomic E-state index is 14.2. The first kappa shape index (κ1) is 19.6. The fourth-order valence-electron chi connectivity index (χ4n) is 3.76. The van der Waals surface area contributed by atoms with Crippen LogP contribution in [0.2, 0.25) is 0 Å². The molecule has 1 unspecified atom stereocenters. The van der Waals surface area contributed by atoms with Crippen LogP contribution in [0.4, 0.5) is 0 Å². The number of phenolic OH excluding ortho intramolecular Hbond substituents is 1. The van der Waals surface area contributed by atoms with Crippen molar-refractivity contribution >= 4 is 7.75 Å². The Hall–Kier alpha value is -2.75. The van der Waals surface area contributed by atoms with Crippen molar-refractivity contribution in [1.82, 2.24) is 4.67 Å². The lowest BCUT2D eigenvalue weighted by atomic mass is 9.93. The first-order valence-corrected chi connectivity index (χ1v) is 11.3. The maximum absolute atomic E-state index is 14.2. The Morgan fingerprint density at radius 1 is 0.966 bits per heavy atom. The highest BCUT2D eigenvalue weighted by Crippen LogP contribution is 2.57. The number of fused-ring (bicyclic) bond motifs is 1. The highest BCUT2D eigenvalue weighted by molar-refractivity contribution is 7.52. The minimum atomic E-state index is -3.71. The van der Waals surface area contributed by atoms with E-state index in [1.165, 1.54) is 0 Å². The molecule has 0 saturated carbocycles. The molecule has 0 aromatic heterocycles. The quantitative estimate of drug-likeness (QED) is 0.509. The van der Waals surface area contributed by atoms with Gasteiger partial charge in [0, 0.05) is 12.6 Å². The van der Waals surface area contributed by atoms with Crippen molar-refractivity contribution in [3.8, 4) is 17.2 Å². The summed E-state index contributed by atoms with van der Waals surface area (Å²) in [6, 6.07) is 23.5. The van der Waals surface area contributed by atoms with Crippen molar-refractivity contribution < 1.29 is 18.7 Å². The van der Waals surface area contributed by atoms with E-state index in [2.05, 4.69) is 6.92 Å². The van der Waals surface area contributed by atoms with E-state index in [0.29, 0.717) is 24.5 Å². The van der Waals surface area contributed by atoms with Crippen molar-refractivity contribution in [1.29, 1.82) is 0 Å². The standard InChI is InChI=1S/C23H24NO4P/c1-2-23-22-14-13-19(25)17-18(22)15-16-24(23)29(26,27-20-9-5-3-6-10-20)28-21-11-7-4-8-12-21/h3-14,17,23,25H,2,15-16H2,1H3. The molecule has 0 radical (unpaired) electrons.